The van der Waals surface area contributed by atoms with Crippen LogP contribution in [0.25, 0.3) is 5.57 Å². The van der Waals surface area contributed by atoms with Gasteiger partial charge in [0, 0.05) is 38.4 Å². The number of nitrogens with two attached hydrogens (primary N) is 2. The highest BCUT2D eigenvalue weighted by Crippen LogP contribution is 2.27. The van der Waals surface area contributed by atoms with E-state index in [9.17, 15) is 5.11 Å². The first-order valence-electron chi connectivity index (χ1n) is 12.0. The Morgan fingerprint density at radius 2 is 1.78 bits per heavy atom. The summed E-state index contributed by atoms with van der Waals surface area (Å²) >= 11 is 0. The summed E-state index contributed by atoms with van der Waals surface area (Å²) in [6.07, 6.45) is 4.96. The molecule has 8 nitrogen and oxygen atoms in total. The molecule has 1 aromatic heterocycles. The fourth-order valence-corrected chi connectivity index (χ4v) is 4.61. The molecule has 2 aliphatic heterocycles. The molecule has 0 spiro atoms. The third-order valence-corrected chi connectivity index (χ3v) is 6.54. The maximum Gasteiger partial charge on any atom is 0.136 e. The zero-order valence-corrected chi connectivity index (χ0v) is 20.2. The van der Waals surface area contributed by atoms with Crippen molar-refractivity contribution in [3.63, 3.8) is 0 Å². The van der Waals surface area contributed by atoms with Gasteiger partial charge in [0.15, 0.2) is 0 Å². The molecule has 0 radical (unpaired) electrons. The number of hydrogen-bond acceptors (Lipinski definition) is 8. The van der Waals surface area contributed by atoms with Crippen LogP contribution in [0, 0.1) is 0 Å². The van der Waals surface area contributed by atoms with Gasteiger partial charge in [-0.1, -0.05) is 24.8 Å². The molecule has 0 bridgehead atoms. The fourth-order valence-electron chi connectivity index (χ4n) is 4.61. The number of phenolic OH excluding ortho intramolecular Hbond substituents is 1. The molecular formula is C28H32N6O2. The maximum absolute atomic E-state index is 9.53. The lowest BCUT2D eigenvalue weighted by atomic mass is 10.00. The summed E-state index contributed by atoms with van der Waals surface area (Å²) < 4.78 is 5.37. The van der Waals surface area contributed by atoms with Crippen LogP contribution < -0.4 is 21.8 Å². The second-order valence-electron chi connectivity index (χ2n) is 9.10. The van der Waals surface area contributed by atoms with Gasteiger partial charge in [-0.25, -0.2) is 5.43 Å². The average molecular weight is 485 g/mol. The van der Waals surface area contributed by atoms with Crippen molar-refractivity contribution >= 4 is 11.3 Å². The van der Waals surface area contributed by atoms with Crippen molar-refractivity contribution in [2.45, 2.75) is 12.7 Å². The molecule has 5 rings (SSSR count). The predicted molar refractivity (Wildman–Crippen MR) is 142 cm³/mol. The Morgan fingerprint density at radius 3 is 2.47 bits per heavy atom. The zero-order valence-electron chi connectivity index (χ0n) is 20.2. The van der Waals surface area contributed by atoms with Crippen LogP contribution in [0.1, 0.15) is 23.1 Å². The van der Waals surface area contributed by atoms with Gasteiger partial charge < -0.3 is 25.9 Å². The molecule has 2 aliphatic rings. The molecule has 3 heterocycles. The maximum atomic E-state index is 9.53. The lowest BCUT2D eigenvalue weighted by molar-refractivity contribution is 0.246. The molecule has 0 saturated carbocycles. The number of allylic oxidation sites excluding steroid dienone is 3. The van der Waals surface area contributed by atoms with E-state index in [-0.39, 0.29) is 0 Å². The molecule has 1 fully saturated rings. The van der Waals surface area contributed by atoms with Crippen molar-refractivity contribution in [2.24, 2.45) is 11.5 Å². The number of nitrogens with zero attached hydrogens (tertiary/aromatic N) is 3. The molecule has 1 unspecified atom stereocenters. The van der Waals surface area contributed by atoms with Crippen molar-refractivity contribution in [1.29, 1.82) is 0 Å². The predicted octanol–water partition coefficient (Wildman–Crippen LogP) is 3.48. The molecule has 186 valence electrons. The minimum atomic E-state index is -0.545. The van der Waals surface area contributed by atoms with Crippen LogP contribution in [0.4, 0.5) is 5.69 Å². The van der Waals surface area contributed by atoms with Crippen molar-refractivity contribution in [3.05, 3.63) is 114 Å². The summed E-state index contributed by atoms with van der Waals surface area (Å²) in [5, 5.41) is 11.2. The number of rotatable bonds is 7. The van der Waals surface area contributed by atoms with Crippen LogP contribution in [0.15, 0.2) is 102 Å². The smallest absolute Gasteiger partial charge is 0.136 e. The van der Waals surface area contributed by atoms with E-state index in [1.807, 2.05) is 30.4 Å². The number of hydrogen-bond donors (Lipinski definition) is 4. The van der Waals surface area contributed by atoms with Gasteiger partial charge in [-0.05, 0) is 71.3 Å². The third-order valence-electron chi connectivity index (χ3n) is 6.54. The molecule has 1 saturated heterocycles. The number of piperazine rings is 1. The van der Waals surface area contributed by atoms with Crippen LogP contribution in [-0.2, 0) is 6.54 Å². The van der Waals surface area contributed by atoms with E-state index in [1.54, 1.807) is 29.5 Å². The SMILES string of the molecule is C=C1C=C(c2cccc(CN3CCN(c4ccc(O)cc4)CC3)c2)C=C(N)N1NC(N)c1ccco1. The Bertz CT molecular complexity index is 1260. The van der Waals surface area contributed by atoms with Crippen LogP contribution in [0.2, 0.25) is 0 Å². The molecule has 1 atom stereocenters. The topological polar surface area (TPSA) is 107 Å². The third kappa shape index (κ3) is 5.31. The normalized spacial score (nSPS) is 17.6. The van der Waals surface area contributed by atoms with Crippen LogP contribution in [0.5, 0.6) is 5.75 Å². The van der Waals surface area contributed by atoms with Gasteiger partial charge in [0.1, 0.15) is 23.5 Å². The highest BCUT2D eigenvalue weighted by atomic mass is 16.3. The van der Waals surface area contributed by atoms with Gasteiger partial charge in [-0.3, -0.25) is 9.91 Å². The summed E-state index contributed by atoms with van der Waals surface area (Å²) in [4.78, 5) is 4.83. The quantitative estimate of drug-likeness (QED) is 0.378. The average Bonchev–Trinajstić information content (AvgIpc) is 3.43. The van der Waals surface area contributed by atoms with Crippen molar-refractivity contribution in [2.75, 3.05) is 31.1 Å². The number of phenols is 1. The van der Waals surface area contributed by atoms with Crippen LogP contribution in [-0.4, -0.2) is 41.2 Å². The van der Waals surface area contributed by atoms with Gasteiger partial charge in [0.05, 0.1) is 12.0 Å². The van der Waals surface area contributed by atoms with Gasteiger partial charge in [-0.2, -0.15) is 0 Å². The fraction of sp³-hybridized carbons (Fsp3) is 0.214. The van der Waals surface area contributed by atoms with Gasteiger partial charge in [0.25, 0.3) is 0 Å². The molecule has 8 heteroatoms. The van der Waals surface area contributed by atoms with Crippen LogP contribution in [0.3, 0.4) is 0 Å². The summed E-state index contributed by atoms with van der Waals surface area (Å²) in [6.45, 7) is 8.92. The molecule has 3 aromatic rings. The minimum Gasteiger partial charge on any atom is -0.508 e. The molecule has 0 aliphatic carbocycles. The summed E-state index contributed by atoms with van der Waals surface area (Å²) in [7, 11) is 0. The Kier molecular flexibility index (Phi) is 6.81. The van der Waals surface area contributed by atoms with E-state index in [2.05, 4.69) is 46.1 Å². The highest BCUT2D eigenvalue weighted by Gasteiger charge is 2.21. The Balaban J connectivity index is 1.21. The van der Waals surface area contributed by atoms with E-state index in [1.165, 1.54) is 5.56 Å². The van der Waals surface area contributed by atoms with Gasteiger partial charge in [0.2, 0.25) is 0 Å². The molecular weight excluding hydrogens is 452 g/mol. The summed E-state index contributed by atoms with van der Waals surface area (Å²) in [5.41, 5.74) is 20.9. The Hall–Kier alpha value is -3.98. The van der Waals surface area contributed by atoms with Gasteiger partial charge in [-0.15, -0.1) is 0 Å². The Labute approximate surface area is 211 Å². The second-order valence-corrected chi connectivity index (χ2v) is 9.10. The zero-order chi connectivity index (χ0) is 25.1. The summed E-state index contributed by atoms with van der Waals surface area (Å²) in [5.74, 6) is 1.42. The van der Waals surface area contributed by atoms with E-state index in [0.29, 0.717) is 23.0 Å². The van der Waals surface area contributed by atoms with E-state index in [0.717, 1.165) is 49.5 Å². The second kappa shape index (κ2) is 10.3. The monoisotopic (exact) mass is 484 g/mol. The lowest BCUT2D eigenvalue weighted by Gasteiger charge is -2.36. The van der Waals surface area contributed by atoms with Gasteiger partial charge >= 0.3 is 0 Å². The number of nitrogens with one attached hydrogen (secondary N) is 1. The number of anilines is 1. The molecule has 0 amide bonds. The number of aromatic hydroxyl groups is 1. The summed E-state index contributed by atoms with van der Waals surface area (Å²) in [6, 6.07) is 19.6. The highest BCUT2D eigenvalue weighted by molar-refractivity contribution is 5.78. The molecule has 6 N–H and O–H groups in total. The first kappa shape index (κ1) is 23.7. The number of hydrazine groups is 1. The Morgan fingerprint density at radius 1 is 1.00 bits per heavy atom. The number of furan rings is 1. The minimum absolute atomic E-state index is 0.298. The van der Waals surface area contributed by atoms with E-state index < -0.39 is 6.17 Å². The van der Waals surface area contributed by atoms with Crippen molar-refractivity contribution < 1.29 is 9.52 Å². The molecule has 36 heavy (non-hydrogen) atoms. The first-order valence-corrected chi connectivity index (χ1v) is 12.0. The van der Waals surface area contributed by atoms with Crippen LogP contribution >= 0.6 is 0 Å². The number of benzene rings is 2. The van der Waals surface area contributed by atoms with E-state index in [4.69, 9.17) is 15.9 Å². The van der Waals surface area contributed by atoms with E-state index >= 15 is 0 Å². The molecule has 2 aromatic carbocycles. The van der Waals surface area contributed by atoms with Crippen molar-refractivity contribution in [3.8, 4) is 5.75 Å². The lowest BCUT2D eigenvalue weighted by Crippen LogP contribution is -2.45. The largest absolute Gasteiger partial charge is 0.508 e. The van der Waals surface area contributed by atoms with Crippen molar-refractivity contribution in [1.82, 2.24) is 15.3 Å². The standard InChI is InChI=1S/C28H32N6O2/c1-20-16-23(18-27(29)34(20)31-28(30)26-6-3-15-36-26)22-5-2-4-21(17-22)19-32-11-13-33(14-12-32)24-7-9-25(35)10-8-24/h2-10,15-18,28,31,35H,1,11-14,19,29-30H2. The first-order chi connectivity index (χ1) is 17.5.